The summed E-state index contributed by atoms with van der Waals surface area (Å²) in [4.78, 5) is 23.7. The smallest absolute Gasteiger partial charge is 0.407 e. The van der Waals surface area contributed by atoms with E-state index in [9.17, 15) is 9.59 Å². The third kappa shape index (κ3) is 4.46. The number of carbonyl (C=O) groups is 2. The molecule has 32 heavy (non-hydrogen) atoms. The first kappa shape index (κ1) is 21.5. The maximum Gasteiger partial charge on any atom is 0.407 e. The molecular formula is C26H20ClNO4. The van der Waals surface area contributed by atoms with Crippen LogP contribution in [0.1, 0.15) is 33.0 Å². The minimum atomic E-state index is -0.528. The van der Waals surface area contributed by atoms with Crippen molar-refractivity contribution in [3.05, 3.63) is 94.0 Å². The summed E-state index contributed by atoms with van der Waals surface area (Å²) in [5, 5.41) is 2.89. The van der Waals surface area contributed by atoms with Crippen LogP contribution < -0.4 is 5.32 Å². The predicted molar refractivity (Wildman–Crippen MR) is 123 cm³/mol. The Morgan fingerprint density at radius 2 is 1.66 bits per heavy atom. The molecule has 1 N–H and O–H groups in total. The molecular weight excluding hydrogens is 426 g/mol. The molecule has 160 valence electrons. The molecule has 0 spiro atoms. The fourth-order valence-corrected chi connectivity index (χ4v) is 4.04. The number of halogens is 1. The Kier molecular flexibility index (Phi) is 6.44. The molecule has 0 saturated carbocycles. The van der Waals surface area contributed by atoms with Gasteiger partial charge in [0.05, 0.1) is 24.2 Å². The van der Waals surface area contributed by atoms with Crippen LogP contribution in [-0.2, 0) is 9.47 Å². The lowest BCUT2D eigenvalue weighted by Crippen LogP contribution is -2.26. The third-order valence-corrected chi connectivity index (χ3v) is 5.58. The summed E-state index contributed by atoms with van der Waals surface area (Å²) in [6.45, 7) is 0.366. The Morgan fingerprint density at radius 3 is 2.28 bits per heavy atom. The minimum absolute atomic E-state index is 0.00898. The molecule has 6 heteroatoms. The number of amides is 1. The molecule has 0 aliphatic heterocycles. The molecule has 1 aliphatic rings. The fourth-order valence-electron chi connectivity index (χ4n) is 3.78. The molecule has 0 aromatic heterocycles. The van der Waals surface area contributed by atoms with E-state index in [1.54, 1.807) is 18.2 Å². The molecule has 0 fully saturated rings. The molecule has 0 radical (unpaired) electrons. The number of rotatable bonds is 4. The zero-order valence-electron chi connectivity index (χ0n) is 17.4. The van der Waals surface area contributed by atoms with Gasteiger partial charge in [-0.3, -0.25) is 0 Å². The Morgan fingerprint density at radius 1 is 1.00 bits per heavy atom. The van der Waals surface area contributed by atoms with Gasteiger partial charge in [-0.1, -0.05) is 72.0 Å². The van der Waals surface area contributed by atoms with Gasteiger partial charge in [0, 0.05) is 11.5 Å². The van der Waals surface area contributed by atoms with E-state index >= 15 is 0 Å². The summed E-state index contributed by atoms with van der Waals surface area (Å²) < 4.78 is 10.1. The van der Waals surface area contributed by atoms with Crippen LogP contribution in [-0.4, -0.2) is 32.3 Å². The first-order chi connectivity index (χ1) is 15.6. The number of hydrogen-bond donors (Lipinski definition) is 1. The van der Waals surface area contributed by atoms with Crippen molar-refractivity contribution in [1.82, 2.24) is 5.32 Å². The van der Waals surface area contributed by atoms with Crippen molar-refractivity contribution in [3.63, 3.8) is 0 Å². The van der Waals surface area contributed by atoms with E-state index in [1.165, 1.54) is 18.2 Å². The third-order valence-electron chi connectivity index (χ3n) is 5.27. The zero-order valence-corrected chi connectivity index (χ0v) is 18.1. The molecule has 0 saturated heterocycles. The number of benzene rings is 3. The normalized spacial score (nSPS) is 11.6. The number of hydrogen-bond acceptors (Lipinski definition) is 4. The minimum Gasteiger partial charge on any atom is -0.465 e. The van der Waals surface area contributed by atoms with Gasteiger partial charge < -0.3 is 14.8 Å². The van der Waals surface area contributed by atoms with Crippen molar-refractivity contribution in [2.75, 3.05) is 20.3 Å². The highest BCUT2D eigenvalue weighted by atomic mass is 35.5. The number of carbonyl (C=O) groups excluding carboxylic acids is 2. The Hall–Kier alpha value is -3.75. The van der Waals surface area contributed by atoms with Gasteiger partial charge in [0.2, 0.25) is 0 Å². The van der Waals surface area contributed by atoms with E-state index in [-0.39, 0.29) is 29.7 Å². The van der Waals surface area contributed by atoms with E-state index in [0.717, 1.165) is 11.1 Å². The lowest BCUT2D eigenvalue weighted by atomic mass is 9.98. The van der Waals surface area contributed by atoms with E-state index in [1.807, 2.05) is 24.3 Å². The predicted octanol–water partition coefficient (Wildman–Crippen LogP) is 5.02. The van der Waals surface area contributed by atoms with E-state index in [0.29, 0.717) is 5.56 Å². The average molecular weight is 446 g/mol. The van der Waals surface area contributed by atoms with Crippen LogP contribution in [0.2, 0.25) is 5.02 Å². The Bertz CT molecular complexity index is 1200. The Balaban J connectivity index is 1.33. The monoisotopic (exact) mass is 445 g/mol. The Labute approximate surface area is 191 Å². The summed E-state index contributed by atoms with van der Waals surface area (Å²) >= 11 is 6.08. The summed E-state index contributed by atoms with van der Waals surface area (Å²) in [5.74, 6) is 5.24. The number of esters is 1. The van der Waals surface area contributed by atoms with Crippen molar-refractivity contribution in [1.29, 1.82) is 0 Å². The highest BCUT2D eigenvalue weighted by molar-refractivity contribution is 6.33. The van der Waals surface area contributed by atoms with Crippen LogP contribution >= 0.6 is 11.6 Å². The lowest BCUT2D eigenvalue weighted by Gasteiger charge is -2.14. The van der Waals surface area contributed by atoms with Gasteiger partial charge in [-0.2, -0.15) is 0 Å². The summed E-state index contributed by atoms with van der Waals surface area (Å²) in [7, 11) is 1.29. The number of nitrogens with one attached hydrogen (secondary N) is 1. The highest BCUT2D eigenvalue weighted by Crippen LogP contribution is 2.44. The van der Waals surface area contributed by atoms with Crippen LogP contribution in [0.3, 0.4) is 0 Å². The van der Waals surface area contributed by atoms with Gasteiger partial charge in [0.25, 0.3) is 0 Å². The fraction of sp³-hybridized carbons (Fsp3) is 0.154. The molecule has 3 aromatic rings. The maximum atomic E-state index is 12.2. The van der Waals surface area contributed by atoms with Crippen molar-refractivity contribution < 1.29 is 19.1 Å². The van der Waals surface area contributed by atoms with Gasteiger partial charge in [0.15, 0.2) is 0 Å². The van der Waals surface area contributed by atoms with E-state index in [2.05, 4.69) is 46.2 Å². The van der Waals surface area contributed by atoms with Gasteiger partial charge in [-0.25, -0.2) is 9.59 Å². The molecule has 0 heterocycles. The quantitative estimate of drug-likeness (QED) is 0.452. The molecule has 1 amide bonds. The molecule has 0 atom stereocenters. The van der Waals surface area contributed by atoms with Crippen molar-refractivity contribution >= 4 is 23.7 Å². The zero-order chi connectivity index (χ0) is 22.5. The van der Waals surface area contributed by atoms with Crippen LogP contribution in [0.5, 0.6) is 0 Å². The number of alkyl carbamates (subject to hydrolysis) is 1. The standard InChI is InChI=1S/C26H20ClNO4/c1-31-25(29)22-13-12-17(15-24(22)27)7-6-14-28-26(30)32-16-23-20-10-4-2-8-18(20)19-9-3-5-11-21(19)23/h2-5,8-13,15,23H,14,16H2,1H3,(H,28,30). The van der Waals surface area contributed by atoms with Crippen molar-refractivity contribution in [2.24, 2.45) is 0 Å². The number of fused-ring (bicyclic) bond motifs is 3. The molecule has 4 rings (SSSR count). The van der Waals surface area contributed by atoms with E-state index < -0.39 is 12.1 Å². The summed E-state index contributed by atoms with van der Waals surface area (Å²) in [5.41, 5.74) is 5.58. The second kappa shape index (κ2) is 9.59. The van der Waals surface area contributed by atoms with Gasteiger partial charge in [-0.05, 0) is 40.5 Å². The summed E-state index contributed by atoms with van der Waals surface area (Å²) in [6.07, 6.45) is -0.528. The van der Waals surface area contributed by atoms with Crippen LogP contribution in [0.25, 0.3) is 11.1 Å². The van der Waals surface area contributed by atoms with Gasteiger partial charge >= 0.3 is 12.1 Å². The summed E-state index contributed by atoms with van der Waals surface area (Å²) in [6, 6.07) is 21.1. The molecule has 0 unspecified atom stereocenters. The second-order valence-corrected chi connectivity index (χ2v) is 7.57. The van der Waals surface area contributed by atoms with Crippen LogP contribution in [0, 0.1) is 11.8 Å². The molecule has 5 nitrogen and oxygen atoms in total. The van der Waals surface area contributed by atoms with Crippen molar-refractivity contribution in [3.8, 4) is 23.0 Å². The van der Waals surface area contributed by atoms with E-state index in [4.69, 9.17) is 16.3 Å². The lowest BCUT2D eigenvalue weighted by molar-refractivity contribution is 0.0601. The first-order valence-electron chi connectivity index (χ1n) is 10.0. The largest absolute Gasteiger partial charge is 0.465 e. The van der Waals surface area contributed by atoms with Gasteiger partial charge in [-0.15, -0.1) is 0 Å². The SMILES string of the molecule is COC(=O)c1ccc(C#CCNC(=O)OCC2c3ccccc3-c3ccccc32)cc1Cl. The molecule has 3 aromatic carbocycles. The van der Waals surface area contributed by atoms with Crippen molar-refractivity contribution in [2.45, 2.75) is 5.92 Å². The molecule has 0 bridgehead atoms. The maximum absolute atomic E-state index is 12.2. The topological polar surface area (TPSA) is 64.6 Å². The number of methoxy groups -OCH3 is 1. The first-order valence-corrected chi connectivity index (χ1v) is 10.4. The van der Waals surface area contributed by atoms with Crippen LogP contribution in [0.15, 0.2) is 66.7 Å². The van der Waals surface area contributed by atoms with Gasteiger partial charge in [0.1, 0.15) is 6.61 Å². The number of ether oxygens (including phenoxy) is 2. The average Bonchev–Trinajstić information content (AvgIpc) is 3.14. The highest BCUT2D eigenvalue weighted by Gasteiger charge is 2.28. The second-order valence-electron chi connectivity index (χ2n) is 7.17. The molecule has 1 aliphatic carbocycles. The van der Waals surface area contributed by atoms with Crippen LogP contribution in [0.4, 0.5) is 4.79 Å².